The maximum absolute atomic E-state index is 12.5. The van der Waals surface area contributed by atoms with Gasteiger partial charge in [0.2, 0.25) is 15.9 Å². The minimum atomic E-state index is -3.93. The first-order valence-electron chi connectivity index (χ1n) is 9.81. The highest BCUT2D eigenvalue weighted by Gasteiger charge is 2.18. The molecule has 0 bridgehead atoms. The highest BCUT2D eigenvalue weighted by atomic mass is 32.2. The minimum Gasteiger partial charge on any atom is -0.497 e. The zero-order valence-electron chi connectivity index (χ0n) is 17.6. The molecule has 0 radical (unpaired) electrons. The zero-order valence-corrected chi connectivity index (χ0v) is 18.4. The molecule has 0 aliphatic rings. The monoisotopic (exact) mass is 457 g/mol. The van der Waals surface area contributed by atoms with Gasteiger partial charge in [-0.15, -0.1) is 0 Å². The van der Waals surface area contributed by atoms with Gasteiger partial charge in [0.1, 0.15) is 5.75 Å². The van der Waals surface area contributed by atoms with Gasteiger partial charge in [0.25, 0.3) is 5.69 Å². The van der Waals surface area contributed by atoms with Gasteiger partial charge in [-0.1, -0.05) is 30.3 Å². The molecule has 3 aromatic carbocycles. The lowest BCUT2D eigenvalue weighted by Gasteiger charge is -2.14. The van der Waals surface area contributed by atoms with Crippen molar-refractivity contribution in [2.24, 2.45) is 0 Å². The van der Waals surface area contributed by atoms with Crippen molar-refractivity contribution in [3.63, 3.8) is 0 Å². The molecule has 0 unspecified atom stereocenters. The van der Waals surface area contributed by atoms with Crippen LogP contribution in [0.3, 0.4) is 0 Å². The van der Waals surface area contributed by atoms with E-state index in [2.05, 4.69) is 10.0 Å². The number of carbonyl (C=O) groups is 1. The number of nitro groups is 1. The number of carbonyl (C=O) groups excluding carboxylic acids is 1. The Kier molecular flexibility index (Phi) is 7.06. The SMILES string of the molecule is COc1ccc2cc([C@H](C)C(=O)NCCNS(=O)(=O)c3cccc([N+](=O)[O-])c3)ccc2c1. The summed E-state index contributed by atoms with van der Waals surface area (Å²) < 4.78 is 32.2. The number of hydrogen-bond donors (Lipinski definition) is 2. The molecule has 9 nitrogen and oxygen atoms in total. The number of hydrogen-bond acceptors (Lipinski definition) is 6. The summed E-state index contributed by atoms with van der Waals surface area (Å²) in [7, 11) is -2.33. The van der Waals surface area contributed by atoms with Gasteiger partial charge in [-0.3, -0.25) is 14.9 Å². The van der Waals surface area contributed by atoms with Gasteiger partial charge in [-0.05, 0) is 41.5 Å². The quantitative estimate of drug-likeness (QED) is 0.289. The third-order valence-corrected chi connectivity index (χ3v) is 6.48. The van der Waals surface area contributed by atoms with E-state index >= 15 is 0 Å². The fourth-order valence-corrected chi connectivity index (χ4v) is 4.23. The second kappa shape index (κ2) is 9.75. The molecule has 168 valence electrons. The topological polar surface area (TPSA) is 128 Å². The number of sulfonamides is 1. The fourth-order valence-electron chi connectivity index (χ4n) is 3.16. The first-order chi connectivity index (χ1) is 15.2. The lowest BCUT2D eigenvalue weighted by atomic mass is 9.97. The maximum atomic E-state index is 12.5. The maximum Gasteiger partial charge on any atom is 0.270 e. The molecule has 2 N–H and O–H groups in total. The van der Waals surface area contributed by atoms with E-state index in [-0.39, 0.29) is 29.6 Å². The molecule has 0 aliphatic heterocycles. The number of non-ortho nitro benzene ring substituents is 1. The summed E-state index contributed by atoms with van der Waals surface area (Å²) in [6.07, 6.45) is 0. The Morgan fingerprint density at radius 1 is 1.06 bits per heavy atom. The average molecular weight is 458 g/mol. The van der Waals surface area contributed by atoms with E-state index in [0.29, 0.717) is 0 Å². The van der Waals surface area contributed by atoms with Gasteiger partial charge in [0.15, 0.2) is 0 Å². The molecule has 1 amide bonds. The summed E-state index contributed by atoms with van der Waals surface area (Å²) in [6, 6.07) is 16.2. The number of nitrogens with zero attached hydrogens (tertiary/aromatic N) is 1. The Morgan fingerprint density at radius 3 is 2.50 bits per heavy atom. The number of rotatable bonds is 9. The lowest BCUT2D eigenvalue weighted by Crippen LogP contribution is -2.36. The molecule has 0 aromatic heterocycles. The van der Waals surface area contributed by atoms with E-state index in [1.165, 1.54) is 18.2 Å². The Labute approximate surface area is 185 Å². The van der Waals surface area contributed by atoms with Crippen molar-refractivity contribution in [3.05, 3.63) is 76.3 Å². The van der Waals surface area contributed by atoms with Gasteiger partial charge >= 0.3 is 0 Å². The molecular weight excluding hydrogens is 434 g/mol. The van der Waals surface area contributed by atoms with Gasteiger partial charge in [-0.2, -0.15) is 0 Å². The van der Waals surface area contributed by atoms with Gasteiger partial charge in [0.05, 0.1) is 22.8 Å². The standard InChI is InChI=1S/C22H23N3O6S/c1-15(16-6-7-18-13-20(31-2)9-8-17(18)12-16)22(26)23-10-11-24-32(29,30)21-5-3-4-19(14-21)25(27)28/h3-9,12-15,24H,10-11H2,1-2H3,(H,23,26)/t15-/m0/s1. The Hall–Kier alpha value is -3.50. The van der Waals surface area contributed by atoms with E-state index in [0.717, 1.165) is 28.2 Å². The van der Waals surface area contributed by atoms with Crippen LogP contribution in [0.25, 0.3) is 10.8 Å². The normalized spacial score (nSPS) is 12.3. The molecule has 0 heterocycles. The summed E-state index contributed by atoms with van der Waals surface area (Å²) in [5, 5.41) is 15.5. The number of fused-ring (bicyclic) bond motifs is 1. The van der Waals surface area contributed by atoms with Crippen LogP contribution in [0.2, 0.25) is 0 Å². The van der Waals surface area contributed by atoms with E-state index in [9.17, 15) is 23.3 Å². The van der Waals surface area contributed by atoms with Crippen LogP contribution < -0.4 is 14.8 Å². The Balaban J connectivity index is 1.57. The van der Waals surface area contributed by atoms with Crippen molar-refractivity contribution < 1.29 is 22.9 Å². The van der Waals surface area contributed by atoms with Crippen molar-refractivity contribution in [1.29, 1.82) is 0 Å². The molecule has 0 saturated carbocycles. The second-order valence-corrected chi connectivity index (χ2v) is 8.90. The molecular formula is C22H23N3O6S. The van der Waals surface area contributed by atoms with Gasteiger partial charge < -0.3 is 10.1 Å². The summed E-state index contributed by atoms with van der Waals surface area (Å²) in [4.78, 5) is 22.5. The number of ether oxygens (including phenoxy) is 1. The van der Waals surface area contributed by atoms with Gasteiger partial charge in [-0.25, -0.2) is 13.1 Å². The smallest absolute Gasteiger partial charge is 0.270 e. The highest BCUT2D eigenvalue weighted by molar-refractivity contribution is 7.89. The van der Waals surface area contributed by atoms with E-state index in [1.807, 2.05) is 36.4 Å². The zero-order chi connectivity index (χ0) is 23.3. The molecule has 1 atom stereocenters. The van der Waals surface area contributed by atoms with Crippen molar-refractivity contribution >= 4 is 32.4 Å². The number of methoxy groups -OCH3 is 1. The molecule has 0 spiro atoms. The van der Waals surface area contributed by atoms with Crippen molar-refractivity contribution in [3.8, 4) is 5.75 Å². The van der Waals surface area contributed by atoms with Crippen LogP contribution in [0.1, 0.15) is 18.4 Å². The summed E-state index contributed by atoms with van der Waals surface area (Å²) >= 11 is 0. The number of amides is 1. The third-order valence-electron chi connectivity index (χ3n) is 5.02. The molecule has 0 fully saturated rings. The molecule has 3 rings (SSSR count). The number of benzene rings is 3. The summed E-state index contributed by atoms with van der Waals surface area (Å²) in [5.74, 6) is 0.0749. The lowest BCUT2D eigenvalue weighted by molar-refractivity contribution is -0.385. The highest BCUT2D eigenvalue weighted by Crippen LogP contribution is 2.25. The van der Waals surface area contributed by atoms with Crippen LogP contribution in [0.5, 0.6) is 5.75 Å². The van der Waals surface area contributed by atoms with Crippen LogP contribution >= 0.6 is 0 Å². The Bertz CT molecular complexity index is 1260. The predicted octanol–water partition coefficient (Wildman–Crippen LogP) is 2.95. The Morgan fingerprint density at radius 2 is 1.78 bits per heavy atom. The van der Waals surface area contributed by atoms with Crippen molar-refractivity contribution in [1.82, 2.24) is 10.0 Å². The second-order valence-electron chi connectivity index (χ2n) is 7.14. The van der Waals surface area contributed by atoms with Crippen molar-refractivity contribution in [2.75, 3.05) is 20.2 Å². The molecule has 32 heavy (non-hydrogen) atoms. The summed E-state index contributed by atoms with van der Waals surface area (Å²) in [6.45, 7) is 1.79. The first kappa shape index (κ1) is 23.2. The van der Waals surface area contributed by atoms with E-state index in [4.69, 9.17) is 4.74 Å². The van der Waals surface area contributed by atoms with E-state index < -0.39 is 20.9 Å². The predicted molar refractivity (Wildman–Crippen MR) is 120 cm³/mol. The first-order valence-corrected chi connectivity index (χ1v) is 11.3. The summed E-state index contributed by atoms with van der Waals surface area (Å²) in [5.41, 5.74) is 0.515. The van der Waals surface area contributed by atoms with Crippen LogP contribution in [-0.2, 0) is 14.8 Å². The van der Waals surface area contributed by atoms with E-state index in [1.54, 1.807) is 14.0 Å². The third kappa shape index (κ3) is 5.40. The fraction of sp³-hybridized carbons (Fsp3) is 0.227. The average Bonchev–Trinajstić information content (AvgIpc) is 2.80. The van der Waals surface area contributed by atoms with Crippen molar-refractivity contribution in [2.45, 2.75) is 17.7 Å². The largest absolute Gasteiger partial charge is 0.497 e. The molecule has 0 aliphatic carbocycles. The van der Waals surface area contributed by atoms with Crippen LogP contribution in [-0.4, -0.2) is 39.4 Å². The van der Waals surface area contributed by atoms with Gasteiger partial charge in [0, 0.05) is 25.2 Å². The molecule has 0 saturated heterocycles. The van der Waals surface area contributed by atoms with Crippen LogP contribution in [0.15, 0.2) is 65.6 Å². The minimum absolute atomic E-state index is 0.0546. The number of nitro benzene ring substituents is 1. The number of nitrogens with one attached hydrogen (secondary N) is 2. The molecule has 3 aromatic rings. The molecule has 10 heteroatoms. The van der Waals surface area contributed by atoms with Crippen LogP contribution in [0.4, 0.5) is 5.69 Å². The van der Waals surface area contributed by atoms with Crippen LogP contribution in [0, 0.1) is 10.1 Å².